The fourth-order valence-electron chi connectivity index (χ4n) is 2.92. The van der Waals surface area contributed by atoms with E-state index in [1.54, 1.807) is 12.1 Å². The summed E-state index contributed by atoms with van der Waals surface area (Å²) in [6.45, 7) is 1.26. The molecule has 0 bridgehead atoms. The van der Waals surface area contributed by atoms with Crippen molar-refractivity contribution in [2.75, 3.05) is 0 Å². The second-order valence-electron chi connectivity index (χ2n) is 5.64. The first-order chi connectivity index (χ1) is 11.3. The van der Waals surface area contributed by atoms with Gasteiger partial charge in [-0.15, -0.1) is 0 Å². The number of hydrogen-bond acceptors (Lipinski definition) is 3. The van der Waals surface area contributed by atoms with Crippen molar-refractivity contribution in [3.63, 3.8) is 0 Å². The normalized spacial score (nSPS) is 16.8. The van der Waals surface area contributed by atoms with Crippen molar-refractivity contribution in [1.82, 2.24) is 0 Å². The Morgan fingerprint density at radius 3 is 2.38 bits per heavy atom. The molecule has 0 aliphatic heterocycles. The van der Waals surface area contributed by atoms with E-state index in [0.29, 0.717) is 11.1 Å². The molecule has 0 radical (unpaired) electrons. The number of carbonyl (C=O) groups is 2. The van der Waals surface area contributed by atoms with Crippen LogP contribution in [0, 0.1) is 0 Å². The highest BCUT2D eigenvalue weighted by atomic mass is 19.4. The first-order valence-electron chi connectivity index (χ1n) is 7.28. The second-order valence-corrected chi connectivity index (χ2v) is 5.64. The van der Waals surface area contributed by atoms with E-state index < -0.39 is 17.7 Å². The molecule has 0 spiro atoms. The summed E-state index contributed by atoms with van der Waals surface area (Å²) >= 11 is 0. The first-order valence-corrected chi connectivity index (χ1v) is 7.28. The lowest BCUT2D eigenvalue weighted by atomic mass is 9.92. The number of benzene rings is 2. The minimum absolute atomic E-state index is 0.121. The van der Waals surface area contributed by atoms with Crippen LogP contribution in [0.25, 0.3) is 0 Å². The third kappa shape index (κ3) is 3.04. The van der Waals surface area contributed by atoms with E-state index in [1.165, 1.54) is 25.1 Å². The Labute approximate surface area is 136 Å². The molecule has 6 heteroatoms. The number of hydrogen-bond donors (Lipinski definition) is 0. The van der Waals surface area contributed by atoms with Gasteiger partial charge in [-0.1, -0.05) is 18.2 Å². The summed E-state index contributed by atoms with van der Waals surface area (Å²) in [4.78, 5) is 23.2. The highest BCUT2D eigenvalue weighted by Gasteiger charge is 2.33. The van der Waals surface area contributed by atoms with Gasteiger partial charge in [-0.3, -0.25) is 9.59 Å². The molecule has 0 amide bonds. The highest BCUT2D eigenvalue weighted by molar-refractivity contribution is 6.02. The third-order valence-corrected chi connectivity index (χ3v) is 3.99. The Morgan fingerprint density at radius 1 is 1.12 bits per heavy atom. The summed E-state index contributed by atoms with van der Waals surface area (Å²) < 4.78 is 42.9. The van der Waals surface area contributed by atoms with Gasteiger partial charge < -0.3 is 4.74 Å². The highest BCUT2D eigenvalue weighted by Crippen LogP contribution is 2.40. The maximum absolute atomic E-state index is 12.7. The topological polar surface area (TPSA) is 43.4 Å². The van der Waals surface area contributed by atoms with Gasteiger partial charge >= 0.3 is 12.1 Å². The van der Waals surface area contributed by atoms with E-state index in [4.69, 9.17) is 4.74 Å². The summed E-state index contributed by atoms with van der Waals surface area (Å²) in [5.74, 6) is -0.618. The summed E-state index contributed by atoms with van der Waals surface area (Å²) in [6, 6.07) is 9.60. The molecule has 0 saturated heterocycles. The lowest BCUT2D eigenvalue weighted by Crippen LogP contribution is -2.05. The molecule has 0 aromatic heterocycles. The van der Waals surface area contributed by atoms with Crippen LogP contribution >= 0.6 is 0 Å². The number of rotatable bonds is 2. The van der Waals surface area contributed by atoms with Crippen molar-refractivity contribution in [2.45, 2.75) is 25.4 Å². The fraction of sp³-hybridized carbons (Fsp3) is 0.222. The number of ether oxygens (including phenoxy) is 1. The number of Topliss-reactive ketones (excluding diaryl/α,β-unsaturated/α-hetero) is 1. The molecule has 2 aromatic carbocycles. The first kappa shape index (κ1) is 16.2. The van der Waals surface area contributed by atoms with Gasteiger partial charge in [-0.2, -0.15) is 13.2 Å². The van der Waals surface area contributed by atoms with E-state index in [2.05, 4.69) is 0 Å². The van der Waals surface area contributed by atoms with Crippen LogP contribution in [0.4, 0.5) is 13.2 Å². The Morgan fingerprint density at radius 2 is 1.79 bits per heavy atom. The molecule has 3 nitrogen and oxygen atoms in total. The number of carbonyl (C=O) groups excluding carboxylic acids is 2. The van der Waals surface area contributed by atoms with Crippen LogP contribution in [0.2, 0.25) is 0 Å². The summed E-state index contributed by atoms with van der Waals surface area (Å²) in [5.41, 5.74) is 1.10. The predicted molar refractivity (Wildman–Crippen MR) is 80.0 cm³/mol. The average Bonchev–Trinajstić information content (AvgIpc) is 2.83. The summed E-state index contributed by atoms with van der Waals surface area (Å²) in [6.07, 6.45) is -4.20. The zero-order valence-corrected chi connectivity index (χ0v) is 12.7. The molecule has 0 fully saturated rings. The molecule has 1 atom stereocenters. The van der Waals surface area contributed by atoms with Crippen molar-refractivity contribution < 1.29 is 27.5 Å². The Bertz CT molecular complexity index is 807. The van der Waals surface area contributed by atoms with Crippen LogP contribution in [0.3, 0.4) is 0 Å². The number of halogens is 3. The summed E-state index contributed by atoms with van der Waals surface area (Å²) in [5, 5.41) is 0. The number of fused-ring (bicyclic) bond motifs is 1. The van der Waals surface area contributed by atoms with Gasteiger partial charge in [0.2, 0.25) is 0 Å². The molecule has 0 heterocycles. The van der Waals surface area contributed by atoms with Crippen LogP contribution in [-0.4, -0.2) is 11.8 Å². The second kappa shape index (κ2) is 5.78. The van der Waals surface area contributed by atoms with Crippen molar-refractivity contribution in [3.8, 4) is 5.75 Å². The molecular weight excluding hydrogens is 321 g/mol. The monoisotopic (exact) mass is 334 g/mol. The molecular formula is C18H13F3O3. The number of alkyl halides is 3. The van der Waals surface area contributed by atoms with E-state index in [1.807, 2.05) is 0 Å². The molecule has 0 saturated carbocycles. The van der Waals surface area contributed by atoms with E-state index in [9.17, 15) is 22.8 Å². The maximum Gasteiger partial charge on any atom is 0.416 e. The van der Waals surface area contributed by atoms with E-state index >= 15 is 0 Å². The van der Waals surface area contributed by atoms with Gasteiger partial charge in [0.05, 0.1) is 5.56 Å². The van der Waals surface area contributed by atoms with Crippen molar-refractivity contribution in [1.29, 1.82) is 0 Å². The average molecular weight is 334 g/mol. The maximum atomic E-state index is 12.7. The van der Waals surface area contributed by atoms with Crippen LogP contribution in [0.15, 0.2) is 42.5 Å². The fourth-order valence-corrected chi connectivity index (χ4v) is 2.92. The van der Waals surface area contributed by atoms with Crippen molar-refractivity contribution >= 4 is 11.8 Å². The molecule has 1 aliphatic rings. The molecule has 24 heavy (non-hydrogen) atoms. The van der Waals surface area contributed by atoms with Gasteiger partial charge in [-0.05, 0) is 35.4 Å². The molecule has 3 rings (SSSR count). The quantitative estimate of drug-likeness (QED) is 0.606. The third-order valence-electron chi connectivity index (χ3n) is 3.99. The largest absolute Gasteiger partial charge is 0.427 e. The molecule has 1 aliphatic carbocycles. The smallest absolute Gasteiger partial charge is 0.416 e. The lowest BCUT2D eigenvalue weighted by molar-refractivity contribution is -0.137. The van der Waals surface area contributed by atoms with Crippen LogP contribution in [0.5, 0.6) is 5.75 Å². The van der Waals surface area contributed by atoms with E-state index in [-0.39, 0.29) is 23.9 Å². The van der Waals surface area contributed by atoms with Crippen LogP contribution in [0.1, 0.15) is 46.3 Å². The Kier molecular flexibility index (Phi) is 3.91. The van der Waals surface area contributed by atoms with Crippen LogP contribution < -0.4 is 4.74 Å². The van der Waals surface area contributed by atoms with Gasteiger partial charge in [0.25, 0.3) is 0 Å². The van der Waals surface area contributed by atoms with Crippen molar-refractivity contribution in [3.05, 3.63) is 64.7 Å². The van der Waals surface area contributed by atoms with Gasteiger partial charge in [0.1, 0.15) is 5.75 Å². The predicted octanol–water partition coefficient (Wildman–Crippen LogP) is 4.35. The Hall–Kier alpha value is -2.63. The molecule has 124 valence electrons. The minimum Gasteiger partial charge on any atom is -0.427 e. The van der Waals surface area contributed by atoms with Gasteiger partial charge in [0, 0.05) is 24.8 Å². The molecule has 1 unspecified atom stereocenters. The van der Waals surface area contributed by atoms with Gasteiger partial charge in [-0.25, -0.2) is 0 Å². The standard InChI is InChI=1S/C18H13F3O3/c1-10(22)24-13-6-7-14-15(9-17(23)16(14)8-13)11-2-4-12(5-3-11)18(19,20)21/h2-8,15H,9H2,1H3. The number of ketones is 1. The minimum atomic E-state index is -4.39. The van der Waals surface area contributed by atoms with Crippen molar-refractivity contribution in [2.24, 2.45) is 0 Å². The van der Waals surface area contributed by atoms with E-state index in [0.717, 1.165) is 17.7 Å². The molecule has 2 aromatic rings. The zero-order chi connectivity index (χ0) is 17.5. The zero-order valence-electron chi connectivity index (χ0n) is 12.7. The Balaban J connectivity index is 1.93. The lowest BCUT2D eigenvalue weighted by Gasteiger charge is -2.13. The van der Waals surface area contributed by atoms with Gasteiger partial charge in [0.15, 0.2) is 5.78 Å². The number of esters is 1. The SMILES string of the molecule is CC(=O)Oc1ccc2c(c1)C(=O)CC2c1ccc(C(F)(F)F)cc1. The molecule has 0 N–H and O–H groups in total. The van der Waals surface area contributed by atoms with Crippen LogP contribution in [-0.2, 0) is 11.0 Å². The summed E-state index contributed by atoms with van der Waals surface area (Å²) in [7, 11) is 0.